The molecule has 1 aromatic rings. The maximum Gasteiger partial charge on any atom is 0.340 e. The first-order valence-corrected chi connectivity index (χ1v) is 4.31. The molecule has 0 heterocycles. The standard InChI is InChI=1S/C10H12O4/c1-2-9(12)14-10(13)7-3-5-8(11)6-4-7/h3-6,9,11-12H,2H2,1H3. The van der Waals surface area contributed by atoms with Crippen LogP contribution in [0.15, 0.2) is 24.3 Å². The van der Waals surface area contributed by atoms with E-state index in [0.717, 1.165) is 0 Å². The zero-order chi connectivity index (χ0) is 10.6. The molecule has 0 radical (unpaired) electrons. The zero-order valence-electron chi connectivity index (χ0n) is 7.80. The van der Waals surface area contributed by atoms with E-state index in [0.29, 0.717) is 12.0 Å². The summed E-state index contributed by atoms with van der Waals surface area (Å²) in [6.07, 6.45) is -0.722. The summed E-state index contributed by atoms with van der Waals surface area (Å²) >= 11 is 0. The third-order valence-electron chi connectivity index (χ3n) is 1.70. The number of hydrogen-bond donors (Lipinski definition) is 2. The Morgan fingerprint density at radius 3 is 2.50 bits per heavy atom. The monoisotopic (exact) mass is 196 g/mol. The van der Waals surface area contributed by atoms with Crippen LogP contribution >= 0.6 is 0 Å². The maximum absolute atomic E-state index is 11.3. The maximum atomic E-state index is 11.3. The third-order valence-corrected chi connectivity index (χ3v) is 1.70. The Bertz CT molecular complexity index is 304. The van der Waals surface area contributed by atoms with E-state index in [1.165, 1.54) is 24.3 Å². The fraction of sp³-hybridized carbons (Fsp3) is 0.300. The first-order chi connectivity index (χ1) is 6.63. The highest BCUT2D eigenvalue weighted by Crippen LogP contribution is 2.11. The lowest BCUT2D eigenvalue weighted by atomic mass is 10.2. The number of hydrogen-bond acceptors (Lipinski definition) is 4. The van der Waals surface area contributed by atoms with E-state index in [4.69, 9.17) is 10.2 Å². The summed E-state index contributed by atoms with van der Waals surface area (Å²) in [5, 5.41) is 18.0. The summed E-state index contributed by atoms with van der Waals surface area (Å²) in [5.41, 5.74) is 0.301. The molecule has 0 aliphatic heterocycles. The highest BCUT2D eigenvalue weighted by Gasteiger charge is 2.10. The second-order valence-electron chi connectivity index (χ2n) is 2.82. The van der Waals surface area contributed by atoms with Crippen LogP contribution in [0.25, 0.3) is 0 Å². The van der Waals surface area contributed by atoms with Gasteiger partial charge in [0, 0.05) is 6.42 Å². The molecule has 4 nitrogen and oxygen atoms in total. The van der Waals surface area contributed by atoms with E-state index >= 15 is 0 Å². The SMILES string of the molecule is CCC(O)OC(=O)c1ccc(O)cc1. The molecular formula is C10H12O4. The molecule has 1 unspecified atom stereocenters. The number of esters is 1. The second-order valence-corrected chi connectivity index (χ2v) is 2.82. The van der Waals surface area contributed by atoms with Gasteiger partial charge in [-0.3, -0.25) is 0 Å². The minimum Gasteiger partial charge on any atom is -0.508 e. The van der Waals surface area contributed by atoms with Crippen LogP contribution in [0.1, 0.15) is 23.7 Å². The number of aromatic hydroxyl groups is 1. The van der Waals surface area contributed by atoms with E-state index in [9.17, 15) is 4.79 Å². The molecule has 0 saturated heterocycles. The van der Waals surface area contributed by atoms with Gasteiger partial charge < -0.3 is 14.9 Å². The number of phenols is 1. The molecule has 0 spiro atoms. The quantitative estimate of drug-likeness (QED) is 0.564. The molecule has 0 amide bonds. The molecule has 14 heavy (non-hydrogen) atoms. The highest BCUT2D eigenvalue weighted by atomic mass is 16.6. The van der Waals surface area contributed by atoms with Gasteiger partial charge in [-0.2, -0.15) is 0 Å². The Labute approximate surface area is 81.8 Å². The van der Waals surface area contributed by atoms with Crippen molar-refractivity contribution in [1.29, 1.82) is 0 Å². The predicted octanol–water partition coefficient (Wildman–Crippen LogP) is 1.28. The average Bonchev–Trinajstić information content (AvgIpc) is 2.18. The number of aliphatic hydroxyl groups excluding tert-OH is 1. The highest BCUT2D eigenvalue weighted by molar-refractivity contribution is 5.89. The molecule has 0 fully saturated rings. The van der Waals surface area contributed by atoms with Crippen LogP contribution in [0.2, 0.25) is 0 Å². The molecule has 2 N–H and O–H groups in total. The van der Waals surface area contributed by atoms with Crippen LogP contribution in [-0.2, 0) is 4.74 Å². The van der Waals surface area contributed by atoms with E-state index < -0.39 is 12.3 Å². The topological polar surface area (TPSA) is 66.8 Å². The summed E-state index contributed by atoms with van der Waals surface area (Å²) in [6.45, 7) is 1.70. The number of phenolic OH excluding ortho intramolecular Hbond substituents is 1. The Morgan fingerprint density at radius 2 is 2.00 bits per heavy atom. The Kier molecular flexibility index (Phi) is 3.48. The van der Waals surface area contributed by atoms with Gasteiger partial charge in [0.1, 0.15) is 5.75 Å². The van der Waals surface area contributed by atoms with E-state index in [2.05, 4.69) is 4.74 Å². The molecular weight excluding hydrogens is 184 g/mol. The van der Waals surface area contributed by atoms with Gasteiger partial charge in [0.2, 0.25) is 6.29 Å². The van der Waals surface area contributed by atoms with Crippen molar-refractivity contribution in [2.24, 2.45) is 0 Å². The van der Waals surface area contributed by atoms with Crippen molar-refractivity contribution in [1.82, 2.24) is 0 Å². The first-order valence-electron chi connectivity index (χ1n) is 4.31. The van der Waals surface area contributed by atoms with Gasteiger partial charge in [0.15, 0.2) is 0 Å². The predicted molar refractivity (Wildman–Crippen MR) is 49.8 cm³/mol. The largest absolute Gasteiger partial charge is 0.508 e. The van der Waals surface area contributed by atoms with Crippen molar-refractivity contribution in [2.45, 2.75) is 19.6 Å². The van der Waals surface area contributed by atoms with Crippen LogP contribution in [0.4, 0.5) is 0 Å². The summed E-state index contributed by atoms with van der Waals surface area (Å²) in [6, 6.07) is 5.63. The Balaban J connectivity index is 2.65. The lowest BCUT2D eigenvalue weighted by Crippen LogP contribution is -2.16. The van der Waals surface area contributed by atoms with Gasteiger partial charge in [0.25, 0.3) is 0 Å². The van der Waals surface area contributed by atoms with Gasteiger partial charge in [-0.25, -0.2) is 4.79 Å². The number of benzene rings is 1. The van der Waals surface area contributed by atoms with Crippen LogP contribution in [-0.4, -0.2) is 22.5 Å². The van der Waals surface area contributed by atoms with Crippen molar-refractivity contribution in [2.75, 3.05) is 0 Å². The minimum absolute atomic E-state index is 0.0811. The van der Waals surface area contributed by atoms with Crippen molar-refractivity contribution >= 4 is 5.97 Å². The Hall–Kier alpha value is -1.55. The molecule has 0 aliphatic rings. The number of aliphatic hydroxyl groups is 1. The summed E-state index contributed by atoms with van der Waals surface area (Å²) in [5.74, 6) is -0.517. The van der Waals surface area contributed by atoms with Crippen LogP contribution in [0.3, 0.4) is 0 Å². The fourth-order valence-electron chi connectivity index (χ4n) is 0.872. The van der Waals surface area contributed by atoms with Crippen LogP contribution in [0.5, 0.6) is 5.75 Å². The summed E-state index contributed by atoms with van der Waals surface area (Å²) in [7, 11) is 0. The molecule has 0 aromatic heterocycles. The third kappa shape index (κ3) is 2.74. The number of rotatable bonds is 3. The van der Waals surface area contributed by atoms with Gasteiger partial charge in [-0.1, -0.05) is 6.92 Å². The number of carbonyl (C=O) groups excluding carboxylic acids is 1. The summed E-state index contributed by atoms with van der Waals surface area (Å²) in [4.78, 5) is 11.3. The van der Waals surface area contributed by atoms with Crippen LogP contribution < -0.4 is 0 Å². The molecule has 0 aliphatic carbocycles. The molecule has 76 valence electrons. The van der Waals surface area contributed by atoms with E-state index in [-0.39, 0.29) is 5.75 Å². The molecule has 4 heteroatoms. The zero-order valence-corrected chi connectivity index (χ0v) is 7.80. The number of ether oxygens (including phenoxy) is 1. The van der Waals surface area contributed by atoms with Gasteiger partial charge in [-0.15, -0.1) is 0 Å². The smallest absolute Gasteiger partial charge is 0.340 e. The second kappa shape index (κ2) is 4.62. The normalized spacial score (nSPS) is 12.1. The molecule has 1 aromatic carbocycles. The van der Waals surface area contributed by atoms with Gasteiger partial charge >= 0.3 is 5.97 Å². The number of carbonyl (C=O) groups is 1. The fourth-order valence-corrected chi connectivity index (χ4v) is 0.872. The Morgan fingerprint density at radius 1 is 1.43 bits per heavy atom. The molecule has 0 bridgehead atoms. The lowest BCUT2D eigenvalue weighted by Gasteiger charge is -2.09. The minimum atomic E-state index is -1.07. The summed E-state index contributed by atoms with van der Waals surface area (Å²) < 4.78 is 4.66. The molecule has 1 rings (SSSR count). The van der Waals surface area contributed by atoms with Crippen molar-refractivity contribution in [3.8, 4) is 5.75 Å². The van der Waals surface area contributed by atoms with Gasteiger partial charge in [-0.05, 0) is 24.3 Å². The average molecular weight is 196 g/mol. The van der Waals surface area contributed by atoms with Crippen molar-refractivity contribution < 1.29 is 19.7 Å². The molecule has 1 atom stereocenters. The molecule has 0 saturated carbocycles. The van der Waals surface area contributed by atoms with Crippen LogP contribution in [0, 0.1) is 0 Å². The first kappa shape index (κ1) is 10.5. The van der Waals surface area contributed by atoms with E-state index in [1.807, 2.05) is 0 Å². The lowest BCUT2D eigenvalue weighted by molar-refractivity contribution is -0.0656. The van der Waals surface area contributed by atoms with Crippen molar-refractivity contribution in [3.63, 3.8) is 0 Å². The van der Waals surface area contributed by atoms with E-state index in [1.54, 1.807) is 6.92 Å². The van der Waals surface area contributed by atoms with Crippen molar-refractivity contribution in [3.05, 3.63) is 29.8 Å². The van der Waals surface area contributed by atoms with Gasteiger partial charge in [0.05, 0.1) is 5.56 Å².